The van der Waals surface area contributed by atoms with E-state index in [0.29, 0.717) is 44.8 Å². The van der Waals surface area contributed by atoms with Crippen LogP contribution < -0.4 is 4.74 Å². The Morgan fingerprint density at radius 1 is 0.952 bits per heavy atom. The standard InChI is InChI=1S/C33H41FN4O4/c1-41-31-12-5-10-28-29(30(39)11-3-2-7-26-8-4-9-27(34)23-26)24-38(33(28)31)14-6-13-35-15-17-36(18-16-35)25-32(40)37-19-21-42-22-20-37/h2-5,8-10,12,23-24H,6-7,11,13-22,25H2,1H3/b3-2+. The lowest BCUT2D eigenvalue weighted by molar-refractivity contribution is -0.136. The maximum absolute atomic E-state index is 13.4. The Morgan fingerprint density at radius 3 is 2.48 bits per heavy atom. The number of piperazine rings is 1. The van der Waals surface area contributed by atoms with Gasteiger partial charge in [-0.05, 0) is 43.1 Å². The molecule has 2 saturated heterocycles. The zero-order valence-electron chi connectivity index (χ0n) is 24.5. The van der Waals surface area contributed by atoms with Crippen molar-refractivity contribution >= 4 is 22.6 Å². The molecule has 8 nitrogen and oxygen atoms in total. The molecular weight excluding hydrogens is 535 g/mol. The van der Waals surface area contributed by atoms with Crippen molar-refractivity contribution in [2.45, 2.75) is 25.8 Å². The largest absolute Gasteiger partial charge is 0.495 e. The summed E-state index contributed by atoms with van der Waals surface area (Å²) < 4.78 is 26.6. The topological polar surface area (TPSA) is 67.2 Å². The summed E-state index contributed by atoms with van der Waals surface area (Å²) in [5.41, 5.74) is 2.51. The molecule has 0 saturated carbocycles. The minimum absolute atomic E-state index is 0.0465. The number of rotatable bonds is 12. The third-order valence-corrected chi connectivity index (χ3v) is 8.16. The fourth-order valence-electron chi connectivity index (χ4n) is 5.81. The van der Waals surface area contributed by atoms with Crippen LogP contribution in [0.25, 0.3) is 10.9 Å². The number of nitrogens with zero attached hydrogens (tertiary/aromatic N) is 4. The molecule has 3 heterocycles. The Hall–Kier alpha value is -3.53. The first-order valence-electron chi connectivity index (χ1n) is 14.9. The van der Waals surface area contributed by atoms with Gasteiger partial charge < -0.3 is 23.8 Å². The summed E-state index contributed by atoms with van der Waals surface area (Å²) in [4.78, 5) is 32.5. The lowest BCUT2D eigenvalue weighted by Crippen LogP contribution is -2.51. The van der Waals surface area contributed by atoms with E-state index < -0.39 is 0 Å². The number of para-hydroxylation sites is 1. The third kappa shape index (κ3) is 7.65. The predicted octanol–water partition coefficient (Wildman–Crippen LogP) is 4.03. The van der Waals surface area contributed by atoms with Crippen LogP contribution in [-0.4, -0.2) is 104 Å². The average molecular weight is 577 g/mol. The molecule has 0 radical (unpaired) electrons. The van der Waals surface area contributed by atoms with E-state index in [1.54, 1.807) is 13.2 Å². The minimum Gasteiger partial charge on any atom is -0.495 e. The normalized spacial score (nSPS) is 16.9. The molecule has 224 valence electrons. The fourth-order valence-corrected chi connectivity index (χ4v) is 5.81. The van der Waals surface area contributed by atoms with E-state index >= 15 is 0 Å². The molecule has 2 aliphatic heterocycles. The fraction of sp³-hybridized carbons (Fsp3) is 0.455. The number of allylic oxidation sites excluding steroid dienone is 2. The van der Waals surface area contributed by atoms with E-state index in [1.807, 2.05) is 47.5 Å². The van der Waals surface area contributed by atoms with Gasteiger partial charge in [0.15, 0.2) is 5.78 Å². The number of methoxy groups -OCH3 is 1. The summed E-state index contributed by atoms with van der Waals surface area (Å²) in [7, 11) is 1.66. The van der Waals surface area contributed by atoms with E-state index in [0.717, 1.165) is 67.9 Å². The van der Waals surface area contributed by atoms with E-state index in [4.69, 9.17) is 9.47 Å². The van der Waals surface area contributed by atoms with Crippen molar-refractivity contribution < 1.29 is 23.5 Å². The highest BCUT2D eigenvalue weighted by Crippen LogP contribution is 2.31. The van der Waals surface area contributed by atoms with Crippen molar-refractivity contribution in [3.8, 4) is 5.75 Å². The Morgan fingerprint density at radius 2 is 1.71 bits per heavy atom. The molecule has 0 atom stereocenters. The smallest absolute Gasteiger partial charge is 0.236 e. The summed E-state index contributed by atoms with van der Waals surface area (Å²) in [6.07, 6.45) is 7.55. The number of amides is 1. The van der Waals surface area contributed by atoms with E-state index in [9.17, 15) is 14.0 Å². The summed E-state index contributed by atoms with van der Waals surface area (Å²) >= 11 is 0. The van der Waals surface area contributed by atoms with Gasteiger partial charge in [0, 0.05) is 69.4 Å². The molecule has 5 rings (SSSR count). The first-order valence-corrected chi connectivity index (χ1v) is 14.9. The maximum atomic E-state index is 13.4. The molecule has 42 heavy (non-hydrogen) atoms. The van der Waals surface area contributed by atoms with Crippen LogP contribution in [0.1, 0.15) is 28.8 Å². The monoisotopic (exact) mass is 576 g/mol. The minimum atomic E-state index is -0.253. The van der Waals surface area contributed by atoms with Gasteiger partial charge in [-0.15, -0.1) is 0 Å². The number of aromatic nitrogens is 1. The van der Waals surface area contributed by atoms with Crippen molar-refractivity contribution in [3.05, 3.63) is 77.8 Å². The van der Waals surface area contributed by atoms with Crippen LogP contribution in [0.2, 0.25) is 0 Å². The molecular formula is C33H41FN4O4. The molecule has 0 aliphatic carbocycles. The van der Waals surface area contributed by atoms with Crippen molar-refractivity contribution in [2.24, 2.45) is 0 Å². The highest BCUT2D eigenvalue weighted by molar-refractivity contribution is 6.09. The Kier molecular flexibility index (Phi) is 10.4. The van der Waals surface area contributed by atoms with Gasteiger partial charge in [0.25, 0.3) is 0 Å². The highest BCUT2D eigenvalue weighted by Gasteiger charge is 2.23. The van der Waals surface area contributed by atoms with Crippen molar-refractivity contribution in [2.75, 3.05) is 72.7 Å². The second kappa shape index (κ2) is 14.6. The van der Waals surface area contributed by atoms with Crippen LogP contribution in [0.5, 0.6) is 5.75 Å². The molecule has 2 aromatic carbocycles. The zero-order valence-corrected chi connectivity index (χ0v) is 24.5. The van der Waals surface area contributed by atoms with Crippen LogP contribution in [0.3, 0.4) is 0 Å². The first-order chi connectivity index (χ1) is 20.5. The van der Waals surface area contributed by atoms with Crippen molar-refractivity contribution in [1.29, 1.82) is 0 Å². The number of hydrogen-bond donors (Lipinski definition) is 0. The Bertz CT molecular complexity index is 1390. The highest BCUT2D eigenvalue weighted by atomic mass is 19.1. The van der Waals surface area contributed by atoms with Gasteiger partial charge in [-0.3, -0.25) is 14.5 Å². The quantitative estimate of drug-likeness (QED) is 0.240. The maximum Gasteiger partial charge on any atom is 0.236 e. The third-order valence-electron chi connectivity index (χ3n) is 8.16. The molecule has 3 aromatic rings. The molecule has 0 spiro atoms. The van der Waals surface area contributed by atoms with Crippen molar-refractivity contribution in [1.82, 2.24) is 19.3 Å². The van der Waals surface area contributed by atoms with Gasteiger partial charge in [-0.2, -0.15) is 0 Å². The molecule has 0 N–H and O–H groups in total. The van der Waals surface area contributed by atoms with E-state index in [-0.39, 0.29) is 23.9 Å². The molecule has 0 unspecified atom stereocenters. The molecule has 0 bridgehead atoms. The van der Waals surface area contributed by atoms with Gasteiger partial charge >= 0.3 is 0 Å². The summed E-state index contributed by atoms with van der Waals surface area (Å²) in [5, 5.41) is 0.899. The number of hydrogen-bond acceptors (Lipinski definition) is 6. The summed E-state index contributed by atoms with van der Waals surface area (Å²) in [6.45, 7) is 8.52. The number of ketones is 1. The SMILES string of the molecule is COc1cccc2c(C(=O)C/C=C/Cc3cccc(F)c3)cn(CCCN3CCN(CC(=O)N4CCOCC4)CC3)c12. The number of benzene rings is 2. The number of aryl methyl sites for hydroxylation is 1. The first kappa shape index (κ1) is 29.9. The summed E-state index contributed by atoms with van der Waals surface area (Å²) in [5.74, 6) is 0.751. The van der Waals surface area contributed by atoms with Crippen LogP contribution in [-0.2, 0) is 22.5 Å². The molecule has 2 aliphatic rings. The van der Waals surface area contributed by atoms with E-state index in [2.05, 4.69) is 14.4 Å². The van der Waals surface area contributed by atoms with Gasteiger partial charge in [-0.25, -0.2) is 4.39 Å². The molecule has 2 fully saturated rings. The van der Waals surface area contributed by atoms with Crippen LogP contribution in [0.15, 0.2) is 60.8 Å². The van der Waals surface area contributed by atoms with Gasteiger partial charge in [0.2, 0.25) is 5.91 Å². The number of morpholine rings is 1. The molecule has 1 amide bonds. The number of carbonyl (C=O) groups excluding carboxylic acids is 2. The van der Waals surface area contributed by atoms with Crippen LogP contribution in [0.4, 0.5) is 4.39 Å². The van der Waals surface area contributed by atoms with E-state index in [1.165, 1.54) is 12.1 Å². The Balaban J connectivity index is 1.14. The Labute approximate surface area is 247 Å². The zero-order chi connectivity index (χ0) is 29.3. The number of Topliss-reactive ketones (excluding diaryl/α,β-unsaturated/α-hetero) is 1. The lowest BCUT2D eigenvalue weighted by atomic mass is 10.1. The molecule has 1 aromatic heterocycles. The second-order valence-electron chi connectivity index (χ2n) is 11.0. The summed E-state index contributed by atoms with van der Waals surface area (Å²) in [6, 6.07) is 12.4. The number of ether oxygens (including phenoxy) is 2. The van der Waals surface area contributed by atoms with Crippen LogP contribution >= 0.6 is 0 Å². The van der Waals surface area contributed by atoms with Crippen LogP contribution in [0, 0.1) is 5.82 Å². The van der Waals surface area contributed by atoms with Gasteiger partial charge in [0.1, 0.15) is 11.6 Å². The van der Waals surface area contributed by atoms with Gasteiger partial charge in [-0.1, -0.05) is 36.4 Å². The lowest BCUT2D eigenvalue weighted by Gasteiger charge is -2.36. The number of carbonyl (C=O) groups is 2. The molecule has 9 heteroatoms. The predicted molar refractivity (Wildman–Crippen MR) is 162 cm³/mol. The van der Waals surface area contributed by atoms with Crippen molar-refractivity contribution in [3.63, 3.8) is 0 Å². The van der Waals surface area contributed by atoms with Gasteiger partial charge in [0.05, 0.1) is 32.4 Å². The second-order valence-corrected chi connectivity index (χ2v) is 11.0. The average Bonchev–Trinajstić information content (AvgIpc) is 3.39. The number of halogens is 1. The number of fused-ring (bicyclic) bond motifs is 1.